The Morgan fingerprint density at radius 2 is 0.627 bits per heavy atom. The van der Waals surface area contributed by atoms with E-state index in [2.05, 4.69) is 311 Å². The third kappa shape index (κ3) is 7.60. The van der Waals surface area contributed by atoms with Gasteiger partial charge in [-0.05, 0) is 117 Å². The lowest BCUT2D eigenvalue weighted by atomic mass is 9.88. The van der Waals surface area contributed by atoms with Gasteiger partial charge in [0.25, 0.3) is 0 Å². The summed E-state index contributed by atoms with van der Waals surface area (Å²) >= 11 is 0. The number of nitrogens with zero attached hydrogens (tertiary/aromatic N) is 3. The normalized spacial score (nSPS) is 11.5. The molecular weight excluding hydrogens is 907 g/mol. The molecule has 0 fully saturated rings. The number of fused-ring (bicyclic) bond motifs is 6. The maximum atomic E-state index is 2.43. The maximum absolute atomic E-state index is 2.43. The van der Waals surface area contributed by atoms with Crippen LogP contribution in [0.1, 0.15) is 0 Å². The predicted molar refractivity (Wildman–Crippen MR) is 317 cm³/mol. The predicted octanol–water partition coefficient (Wildman–Crippen LogP) is 19.7. The molecular formula is C72H49N3. The molecule has 2 heterocycles. The molecule has 0 unspecified atom stereocenters. The first kappa shape index (κ1) is 43.8. The minimum Gasteiger partial charge on any atom is -0.310 e. The van der Waals surface area contributed by atoms with Gasteiger partial charge >= 0.3 is 0 Å². The highest BCUT2D eigenvalue weighted by Gasteiger charge is 2.22. The van der Waals surface area contributed by atoms with Crippen LogP contribution in [-0.2, 0) is 0 Å². The molecule has 0 N–H and O–H groups in total. The van der Waals surface area contributed by atoms with Crippen molar-refractivity contribution in [2.45, 2.75) is 0 Å². The van der Waals surface area contributed by atoms with Crippen LogP contribution < -0.4 is 4.90 Å². The number of para-hydroxylation sites is 6. The third-order valence-electron chi connectivity index (χ3n) is 15.0. The zero-order chi connectivity index (χ0) is 49.7. The van der Waals surface area contributed by atoms with Crippen LogP contribution >= 0.6 is 0 Å². The number of rotatable bonds is 10. The third-order valence-corrected chi connectivity index (χ3v) is 15.0. The molecule has 0 aliphatic heterocycles. The summed E-state index contributed by atoms with van der Waals surface area (Å²) in [6, 6.07) is 108. The van der Waals surface area contributed by atoms with Crippen molar-refractivity contribution in [1.29, 1.82) is 0 Å². The zero-order valence-electron chi connectivity index (χ0n) is 41.1. The molecule has 0 bridgehead atoms. The first-order chi connectivity index (χ1) is 37.2. The molecule has 0 radical (unpaired) electrons. The monoisotopic (exact) mass is 955 g/mol. The summed E-state index contributed by atoms with van der Waals surface area (Å²) in [5, 5.41) is 4.99. The van der Waals surface area contributed by atoms with Gasteiger partial charge in [0.15, 0.2) is 0 Å². The van der Waals surface area contributed by atoms with Crippen molar-refractivity contribution < 1.29 is 0 Å². The van der Waals surface area contributed by atoms with Crippen LogP contribution in [-0.4, -0.2) is 9.13 Å². The lowest BCUT2D eigenvalue weighted by molar-refractivity contribution is 1.18. The van der Waals surface area contributed by atoms with E-state index < -0.39 is 0 Å². The molecule has 12 aromatic carbocycles. The van der Waals surface area contributed by atoms with Gasteiger partial charge in [-0.3, -0.25) is 0 Å². The number of anilines is 3. The van der Waals surface area contributed by atoms with E-state index in [1.54, 1.807) is 0 Å². The van der Waals surface area contributed by atoms with E-state index >= 15 is 0 Å². The summed E-state index contributed by atoms with van der Waals surface area (Å²) in [5.74, 6) is 0. The highest BCUT2D eigenvalue weighted by atomic mass is 15.1. The number of hydrogen-bond donors (Lipinski definition) is 0. The molecule has 2 aromatic heterocycles. The summed E-state index contributed by atoms with van der Waals surface area (Å²) in [6.45, 7) is 0. The van der Waals surface area contributed by atoms with Gasteiger partial charge in [0, 0.05) is 49.7 Å². The fourth-order valence-electron chi connectivity index (χ4n) is 11.6. The standard InChI is InChI=1S/C72H49N3/c1-3-21-51(22-4-1)57-25-7-8-27-59(57)60-28-9-10-29-61(60)62-30-12-17-35-68(62)73(55-44-39-50(40-45-55)53-43-48-66-65-33-13-18-36-69(65)74(72(66)49-53)54-23-5-2-6-24-54)56-46-41-52(42-47-56)58-26-11-16-34-67(58)75-70-37-19-14-31-63(70)64-32-15-20-38-71(64)75/h1-49H. The van der Waals surface area contributed by atoms with Crippen molar-refractivity contribution in [1.82, 2.24) is 9.13 Å². The Labute approximate surface area is 436 Å². The lowest BCUT2D eigenvalue weighted by Gasteiger charge is -2.29. The van der Waals surface area contributed by atoms with E-state index in [0.717, 1.165) is 50.7 Å². The second-order valence-electron chi connectivity index (χ2n) is 19.2. The average Bonchev–Trinajstić information content (AvgIpc) is 4.02. The van der Waals surface area contributed by atoms with Gasteiger partial charge in [0.1, 0.15) is 0 Å². The van der Waals surface area contributed by atoms with Crippen LogP contribution in [0.15, 0.2) is 297 Å². The molecule has 0 aliphatic rings. The summed E-state index contributed by atoms with van der Waals surface area (Å²) in [4.78, 5) is 2.43. The number of benzene rings is 12. The van der Waals surface area contributed by atoms with Crippen LogP contribution in [0.5, 0.6) is 0 Å². The van der Waals surface area contributed by atoms with Crippen molar-refractivity contribution in [3.63, 3.8) is 0 Å². The minimum atomic E-state index is 1.06. The van der Waals surface area contributed by atoms with Crippen molar-refractivity contribution >= 4 is 60.7 Å². The Balaban J connectivity index is 0.915. The molecule has 75 heavy (non-hydrogen) atoms. The Bertz CT molecular complexity index is 4340. The molecule has 0 saturated heterocycles. The van der Waals surface area contributed by atoms with Gasteiger partial charge in [-0.2, -0.15) is 0 Å². The molecule has 0 spiro atoms. The van der Waals surface area contributed by atoms with Crippen LogP contribution in [0.25, 0.3) is 111 Å². The van der Waals surface area contributed by atoms with Gasteiger partial charge in [-0.25, -0.2) is 0 Å². The molecule has 352 valence electrons. The fourth-order valence-corrected chi connectivity index (χ4v) is 11.6. The quantitative estimate of drug-likeness (QED) is 0.133. The molecule has 0 saturated carbocycles. The highest BCUT2D eigenvalue weighted by molar-refractivity contribution is 6.11. The first-order valence-corrected chi connectivity index (χ1v) is 25.8. The number of aromatic nitrogens is 2. The van der Waals surface area contributed by atoms with Gasteiger partial charge < -0.3 is 14.0 Å². The first-order valence-electron chi connectivity index (χ1n) is 25.8. The molecule has 3 nitrogen and oxygen atoms in total. The summed E-state index contributed by atoms with van der Waals surface area (Å²) in [5.41, 5.74) is 22.0. The smallest absolute Gasteiger partial charge is 0.0547 e. The van der Waals surface area contributed by atoms with Gasteiger partial charge in [0.2, 0.25) is 0 Å². The van der Waals surface area contributed by atoms with Crippen molar-refractivity contribution in [3.05, 3.63) is 297 Å². The second kappa shape index (κ2) is 18.6. The Kier molecular flexibility index (Phi) is 10.8. The van der Waals surface area contributed by atoms with E-state index in [4.69, 9.17) is 0 Å². The van der Waals surface area contributed by atoms with E-state index in [1.807, 2.05) is 0 Å². The molecule has 0 aliphatic carbocycles. The fraction of sp³-hybridized carbons (Fsp3) is 0. The lowest BCUT2D eigenvalue weighted by Crippen LogP contribution is -2.11. The van der Waals surface area contributed by atoms with Gasteiger partial charge in [-0.15, -0.1) is 0 Å². The Hall–Kier alpha value is -9.96. The van der Waals surface area contributed by atoms with Crippen molar-refractivity contribution in [2.75, 3.05) is 4.90 Å². The van der Waals surface area contributed by atoms with Crippen LogP contribution in [0.3, 0.4) is 0 Å². The molecule has 14 aromatic rings. The highest BCUT2D eigenvalue weighted by Crippen LogP contribution is 2.46. The topological polar surface area (TPSA) is 13.1 Å². The Morgan fingerprint density at radius 3 is 1.24 bits per heavy atom. The Morgan fingerprint density at radius 1 is 0.227 bits per heavy atom. The van der Waals surface area contributed by atoms with Crippen LogP contribution in [0.2, 0.25) is 0 Å². The second-order valence-corrected chi connectivity index (χ2v) is 19.2. The molecule has 14 rings (SSSR count). The summed E-state index contributed by atoms with van der Waals surface area (Å²) in [7, 11) is 0. The van der Waals surface area contributed by atoms with Crippen LogP contribution in [0.4, 0.5) is 17.1 Å². The van der Waals surface area contributed by atoms with Crippen molar-refractivity contribution in [3.8, 4) is 67.0 Å². The van der Waals surface area contributed by atoms with Gasteiger partial charge in [0.05, 0.1) is 33.4 Å². The molecule has 0 atom stereocenters. The molecule has 0 amide bonds. The molecule has 3 heteroatoms. The van der Waals surface area contributed by atoms with E-state index in [1.165, 1.54) is 77.0 Å². The number of hydrogen-bond acceptors (Lipinski definition) is 1. The average molecular weight is 956 g/mol. The van der Waals surface area contributed by atoms with Crippen LogP contribution in [0, 0.1) is 0 Å². The van der Waals surface area contributed by atoms with E-state index in [9.17, 15) is 0 Å². The van der Waals surface area contributed by atoms with E-state index in [0.29, 0.717) is 0 Å². The SMILES string of the molecule is c1ccc(-c2ccccc2-c2ccccc2-c2ccccc2N(c2ccc(-c3ccc4c5ccccc5n(-c5ccccc5)c4c3)cc2)c2ccc(-c3ccccc3-n3c4ccccc4c4ccccc43)cc2)cc1. The van der Waals surface area contributed by atoms with Crippen molar-refractivity contribution in [2.24, 2.45) is 0 Å². The van der Waals surface area contributed by atoms with Gasteiger partial charge in [-0.1, -0.05) is 224 Å². The summed E-state index contributed by atoms with van der Waals surface area (Å²) < 4.78 is 4.81. The zero-order valence-corrected chi connectivity index (χ0v) is 41.1. The minimum absolute atomic E-state index is 1.06. The van der Waals surface area contributed by atoms with E-state index in [-0.39, 0.29) is 0 Å². The largest absolute Gasteiger partial charge is 0.310 e. The summed E-state index contributed by atoms with van der Waals surface area (Å²) in [6.07, 6.45) is 0. The maximum Gasteiger partial charge on any atom is 0.0547 e.